The van der Waals surface area contributed by atoms with Crippen molar-refractivity contribution in [3.63, 3.8) is 0 Å². The molecule has 1 saturated heterocycles. The van der Waals surface area contributed by atoms with E-state index in [1.807, 2.05) is 6.07 Å². The Hall–Kier alpha value is -2.18. The van der Waals surface area contributed by atoms with Gasteiger partial charge in [0.2, 0.25) is 0 Å². The number of amides is 1. The van der Waals surface area contributed by atoms with Gasteiger partial charge in [-0.2, -0.15) is 0 Å². The molecule has 2 N–H and O–H groups in total. The van der Waals surface area contributed by atoms with Crippen molar-refractivity contribution in [2.45, 2.75) is 0 Å². The lowest BCUT2D eigenvalue weighted by atomic mass is 10.1. The zero-order valence-corrected chi connectivity index (χ0v) is 13.2. The minimum atomic E-state index is -0.184. The van der Waals surface area contributed by atoms with E-state index in [-0.39, 0.29) is 17.4 Å². The molecule has 122 valence electrons. The van der Waals surface area contributed by atoms with Crippen molar-refractivity contribution in [1.29, 1.82) is 0 Å². The highest BCUT2D eigenvalue weighted by atomic mass is 16.5. The zero-order valence-electron chi connectivity index (χ0n) is 13.2. The summed E-state index contributed by atoms with van der Waals surface area (Å²) >= 11 is 0. The third-order valence-corrected chi connectivity index (χ3v) is 4.15. The molecule has 23 heavy (non-hydrogen) atoms. The number of hydrogen-bond acceptors (Lipinski definition) is 4. The van der Waals surface area contributed by atoms with Crippen molar-refractivity contribution in [2.24, 2.45) is 5.92 Å². The summed E-state index contributed by atoms with van der Waals surface area (Å²) in [7, 11) is 2.05. The standard InChI is InChI=1S/C17H21N3O3/c1-20-6-7-23-11-12(10-20)8-18-17(22)15-9-19-16(21)14-5-3-2-4-13(14)15/h2-5,9,12H,6-8,10-11H2,1H3,(H,18,22)(H,19,21)/t12-/m0/s1. The quantitative estimate of drug-likeness (QED) is 0.880. The molecular weight excluding hydrogens is 294 g/mol. The minimum absolute atomic E-state index is 0.177. The van der Waals surface area contributed by atoms with Gasteiger partial charge < -0.3 is 19.9 Å². The molecule has 2 aromatic rings. The highest BCUT2D eigenvalue weighted by molar-refractivity contribution is 6.06. The maximum atomic E-state index is 12.5. The fourth-order valence-electron chi connectivity index (χ4n) is 2.91. The van der Waals surface area contributed by atoms with Gasteiger partial charge >= 0.3 is 0 Å². The number of carbonyl (C=O) groups excluding carboxylic acids is 1. The fraction of sp³-hybridized carbons (Fsp3) is 0.412. The first-order chi connectivity index (χ1) is 11.1. The second kappa shape index (κ2) is 6.93. The molecule has 0 radical (unpaired) electrons. The van der Waals surface area contributed by atoms with Crippen LogP contribution in [0.3, 0.4) is 0 Å². The summed E-state index contributed by atoms with van der Waals surface area (Å²) < 4.78 is 5.56. The number of likely N-dealkylation sites (N-methyl/N-ethyl adjacent to an activating group) is 1. The Labute approximate surface area is 134 Å². The van der Waals surface area contributed by atoms with Crippen LogP contribution in [0.4, 0.5) is 0 Å². The Balaban J connectivity index is 1.74. The molecular formula is C17H21N3O3. The van der Waals surface area contributed by atoms with Gasteiger partial charge in [0.25, 0.3) is 11.5 Å². The summed E-state index contributed by atoms with van der Waals surface area (Å²) in [6.07, 6.45) is 1.48. The molecule has 6 nitrogen and oxygen atoms in total. The lowest BCUT2D eigenvalue weighted by Crippen LogP contribution is -2.36. The van der Waals surface area contributed by atoms with E-state index in [1.54, 1.807) is 18.2 Å². The van der Waals surface area contributed by atoms with Crippen LogP contribution < -0.4 is 10.9 Å². The number of fused-ring (bicyclic) bond motifs is 1. The first kappa shape index (κ1) is 15.7. The maximum absolute atomic E-state index is 12.5. The predicted molar refractivity (Wildman–Crippen MR) is 88.7 cm³/mol. The van der Waals surface area contributed by atoms with Crippen molar-refractivity contribution in [3.8, 4) is 0 Å². The summed E-state index contributed by atoms with van der Waals surface area (Å²) in [5, 5.41) is 4.16. The van der Waals surface area contributed by atoms with Gasteiger partial charge in [0.15, 0.2) is 0 Å². The Morgan fingerprint density at radius 1 is 1.39 bits per heavy atom. The van der Waals surface area contributed by atoms with Gasteiger partial charge in [0.1, 0.15) is 0 Å². The number of aromatic amines is 1. The van der Waals surface area contributed by atoms with E-state index < -0.39 is 0 Å². The Kier molecular flexibility index (Phi) is 4.73. The zero-order chi connectivity index (χ0) is 16.2. The summed E-state index contributed by atoms with van der Waals surface area (Å²) in [5.74, 6) is 0.0878. The van der Waals surface area contributed by atoms with Crippen LogP contribution in [0.1, 0.15) is 10.4 Å². The smallest absolute Gasteiger partial charge is 0.255 e. The van der Waals surface area contributed by atoms with E-state index in [0.717, 1.165) is 19.7 Å². The van der Waals surface area contributed by atoms with E-state index in [9.17, 15) is 9.59 Å². The number of benzene rings is 1. The highest BCUT2D eigenvalue weighted by Crippen LogP contribution is 2.14. The Morgan fingerprint density at radius 3 is 3.00 bits per heavy atom. The predicted octanol–water partition coefficient (Wildman–Crippen LogP) is 0.836. The van der Waals surface area contributed by atoms with E-state index in [2.05, 4.69) is 22.2 Å². The number of nitrogens with one attached hydrogen (secondary N) is 2. The molecule has 1 amide bonds. The number of H-pyrrole nitrogens is 1. The average Bonchev–Trinajstić information content (AvgIpc) is 2.77. The molecule has 1 fully saturated rings. The molecule has 0 bridgehead atoms. The molecule has 3 rings (SSSR count). The molecule has 0 unspecified atom stereocenters. The topological polar surface area (TPSA) is 74.4 Å². The molecule has 1 atom stereocenters. The van der Waals surface area contributed by atoms with Crippen molar-refractivity contribution < 1.29 is 9.53 Å². The second-order valence-electron chi connectivity index (χ2n) is 5.99. The van der Waals surface area contributed by atoms with Crippen LogP contribution in [0, 0.1) is 5.92 Å². The van der Waals surface area contributed by atoms with Gasteiger partial charge in [-0.3, -0.25) is 9.59 Å². The second-order valence-corrected chi connectivity index (χ2v) is 5.99. The van der Waals surface area contributed by atoms with Crippen LogP contribution in [0.2, 0.25) is 0 Å². The number of nitrogens with zero attached hydrogens (tertiary/aromatic N) is 1. The van der Waals surface area contributed by atoms with Crippen molar-refractivity contribution in [3.05, 3.63) is 46.4 Å². The van der Waals surface area contributed by atoms with Gasteiger partial charge in [-0.25, -0.2) is 0 Å². The van der Waals surface area contributed by atoms with Crippen molar-refractivity contribution in [2.75, 3.05) is 39.9 Å². The molecule has 0 aliphatic carbocycles. The van der Waals surface area contributed by atoms with E-state index >= 15 is 0 Å². The average molecular weight is 315 g/mol. The molecule has 1 aliphatic rings. The SMILES string of the molecule is CN1CCOC[C@@H](CNC(=O)c2c[nH]c(=O)c3ccccc23)C1. The van der Waals surface area contributed by atoms with Crippen molar-refractivity contribution >= 4 is 16.7 Å². The number of hydrogen-bond donors (Lipinski definition) is 2. The van der Waals surface area contributed by atoms with Crippen LogP contribution in [0.25, 0.3) is 10.8 Å². The molecule has 0 saturated carbocycles. The van der Waals surface area contributed by atoms with E-state index in [0.29, 0.717) is 29.5 Å². The molecule has 0 spiro atoms. The first-order valence-electron chi connectivity index (χ1n) is 7.80. The lowest BCUT2D eigenvalue weighted by Gasteiger charge is -2.19. The number of ether oxygens (including phenoxy) is 1. The van der Waals surface area contributed by atoms with Crippen LogP contribution in [0.15, 0.2) is 35.3 Å². The van der Waals surface area contributed by atoms with Crippen molar-refractivity contribution in [1.82, 2.24) is 15.2 Å². The number of rotatable bonds is 3. The number of pyridine rings is 1. The minimum Gasteiger partial charge on any atom is -0.380 e. The van der Waals surface area contributed by atoms with Crippen LogP contribution in [-0.4, -0.2) is 55.7 Å². The van der Waals surface area contributed by atoms with Crippen LogP contribution >= 0.6 is 0 Å². The number of aromatic nitrogens is 1. The van der Waals surface area contributed by atoms with E-state index in [4.69, 9.17) is 4.74 Å². The van der Waals surface area contributed by atoms with Gasteiger partial charge in [0.05, 0.1) is 18.8 Å². The van der Waals surface area contributed by atoms with Gasteiger partial charge in [0, 0.05) is 42.5 Å². The molecule has 1 aromatic heterocycles. The fourth-order valence-corrected chi connectivity index (χ4v) is 2.91. The molecule has 2 heterocycles. The van der Waals surface area contributed by atoms with Crippen LogP contribution in [-0.2, 0) is 4.74 Å². The molecule has 1 aliphatic heterocycles. The highest BCUT2D eigenvalue weighted by Gasteiger charge is 2.18. The summed E-state index contributed by atoms with van der Waals surface area (Å²) in [6.45, 7) is 3.74. The van der Waals surface area contributed by atoms with Gasteiger partial charge in [-0.05, 0) is 13.1 Å². The largest absolute Gasteiger partial charge is 0.380 e. The molecule has 1 aromatic carbocycles. The summed E-state index contributed by atoms with van der Waals surface area (Å²) in [6, 6.07) is 7.13. The molecule has 6 heteroatoms. The van der Waals surface area contributed by atoms with Gasteiger partial charge in [-0.15, -0.1) is 0 Å². The lowest BCUT2D eigenvalue weighted by molar-refractivity contribution is 0.0922. The summed E-state index contributed by atoms with van der Waals surface area (Å²) in [5.41, 5.74) is 0.305. The maximum Gasteiger partial charge on any atom is 0.255 e. The third-order valence-electron chi connectivity index (χ3n) is 4.15. The first-order valence-corrected chi connectivity index (χ1v) is 7.80. The number of carbonyl (C=O) groups is 1. The van der Waals surface area contributed by atoms with E-state index in [1.165, 1.54) is 6.20 Å². The van der Waals surface area contributed by atoms with Gasteiger partial charge in [-0.1, -0.05) is 18.2 Å². The Bertz CT molecular complexity index is 756. The third kappa shape index (κ3) is 3.60. The monoisotopic (exact) mass is 315 g/mol. The summed E-state index contributed by atoms with van der Waals surface area (Å²) in [4.78, 5) is 29.2. The normalized spacial score (nSPS) is 19.4. The van der Waals surface area contributed by atoms with Crippen LogP contribution in [0.5, 0.6) is 0 Å². The Morgan fingerprint density at radius 2 is 2.17 bits per heavy atom.